The van der Waals surface area contributed by atoms with Gasteiger partial charge in [-0.1, -0.05) is 28.1 Å². The first kappa shape index (κ1) is 20.7. The fourth-order valence-electron chi connectivity index (χ4n) is 3.46. The molecule has 2 aromatic carbocycles. The summed E-state index contributed by atoms with van der Waals surface area (Å²) in [6.45, 7) is 0. The van der Waals surface area contributed by atoms with Crippen LogP contribution in [0.25, 0.3) is 22.2 Å². The lowest BCUT2D eigenvalue weighted by Gasteiger charge is -2.11. The molecule has 32 heavy (non-hydrogen) atoms. The van der Waals surface area contributed by atoms with Crippen LogP contribution in [0.15, 0.2) is 76.2 Å². The highest BCUT2D eigenvalue weighted by Gasteiger charge is 2.30. The molecule has 0 spiro atoms. The molecular weight excluding hydrogens is 492 g/mol. The van der Waals surface area contributed by atoms with Gasteiger partial charge < -0.3 is 10.3 Å². The molecule has 162 valence electrons. The largest absolute Gasteiger partial charge is 0.346 e. The van der Waals surface area contributed by atoms with E-state index in [0.717, 1.165) is 33.8 Å². The van der Waals surface area contributed by atoms with Crippen LogP contribution in [0.2, 0.25) is 0 Å². The maximum Gasteiger partial charge on any atom is 0.261 e. The SMILES string of the molecule is O=C(Nc1cc(-c2ccc(NS(=O)(=O)c3ccc(Br)cc3)cc2)c2cc[nH]c2n1)C1CC1. The van der Waals surface area contributed by atoms with Crippen molar-refractivity contribution in [3.05, 3.63) is 71.3 Å². The molecular formula is C23H19BrN4O3S. The van der Waals surface area contributed by atoms with Gasteiger partial charge in [0, 0.05) is 27.7 Å². The topological polar surface area (TPSA) is 104 Å². The van der Waals surface area contributed by atoms with Gasteiger partial charge in [0.05, 0.1) is 4.90 Å². The number of anilines is 2. The highest BCUT2D eigenvalue weighted by molar-refractivity contribution is 9.10. The van der Waals surface area contributed by atoms with Gasteiger partial charge in [-0.05, 0) is 72.5 Å². The van der Waals surface area contributed by atoms with E-state index in [2.05, 4.69) is 35.9 Å². The smallest absolute Gasteiger partial charge is 0.261 e. The number of halogens is 1. The van der Waals surface area contributed by atoms with Crippen molar-refractivity contribution in [2.45, 2.75) is 17.7 Å². The van der Waals surface area contributed by atoms with Crippen LogP contribution in [0.4, 0.5) is 11.5 Å². The molecule has 3 N–H and O–H groups in total. The summed E-state index contributed by atoms with van der Waals surface area (Å²) in [5, 5.41) is 3.81. The van der Waals surface area contributed by atoms with E-state index < -0.39 is 10.0 Å². The van der Waals surface area contributed by atoms with Gasteiger partial charge in [0.1, 0.15) is 11.5 Å². The maximum absolute atomic E-state index is 12.6. The molecule has 0 atom stereocenters. The van der Waals surface area contributed by atoms with Crippen LogP contribution in [0.1, 0.15) is 12.8 Å². The van der Waals surface area contributed by atoms with Crippen LogP contribution < -0.4 is 10.0 Å². The Morgan fingerprint density at radius 3 is 2.44 bits per heavy atom. The summed E-state index contributed by atoms with van der Waals surface area (Å²) in [4.78, 5) is 20.0. The Balaban J connectivity index is 1.42. The minimum Gasteiger partial charge on any atom is -0.346 e. The lowest BCUT2D eigenvalue weighted by molar-refractivity contribution is -0.117. The fourth-order valence-corrected chi connectivity index (χ4v) is 4.78. The zero-order chi connectivity index (χ0) is 22.3. The molecule has 7 nitrogen and oxygen atoms in total. The fraction of sp³-hybridized carbons (Fsp3) is 0.130. The number of carbonyl (C=O) groups excluding carboxylic acids is 1. The summed E-state index contributed by atoms with van der Waals surface area (Å²) in [5.41, 5.74) is 2.90. The van der Waals surface area contributed by atoms with E-state index in [1.54, 1.807) is 30.5 Å². The summed E-state index contributed by atoms with van der Waals surface area (Å²) in [6.07, 6.45) is 3.64. The molecule has 0 saturated heterocycles. The Bertz CT molecular complexity index is 1410. The van der Waals surface area contributed by atoms with Crippen molar-refractivity contribution in [1.29, 1.82) is 0 Å². The van der Waals surface area contributed by atoms with Gasteiger partial charge in [-0.15, -0.1) is 0 Å². The standard InChI is InChI=1S/C23H19BrN4O3S/c24-16-5-9-18(10-6-16)32(30,31)28-17-7-3-14(4-8-17)20-13-21(27-23(29)15-1-2-15)26-22-19(20)11-12-25-22/h3-13,15,28H,1-2H2,(H2,25,26,27,29). The monoisotopic (exact) mass is 510 g/mol. The van der Waals surface area contributed by atoms with Crippen molar-refractivity contribution in [2.75, 3.05) is 10.0 Å². The van der Waals surface area contributed by atoms with Crippen LogP contribution in [0.3, 0.4) is 0 Å². The van der Waals surface area contributed by atoms with E-state index in [0.29, 0.717) is 17.2 Å². The van der Waals surface area contributed by atoms with E-state index >= 15 is 0 Å². The number of fused-ring (bicyclic) bond motifs is 1. The Hall–Kier alpha value is -3.17. The van der Waals surface area contributed by atoms with Gasteiger partial charge in [-0.2, -0.15) is 0 Å². The molecule has 1 aliphatic carbocycles. The first-order chi connectivity index (χ1) is 15.4. The molecule has 2 aromatic heterocycles. The molecule has 2 heterocycles. The first-order valence-corrected chi connectivity index (χ1v) is 12.3. The molecule has 1 aliphatic rings. The number of nitrogens with one attached hydrogen (secondary N) is 3. The van der Waals surface area contributed by atoms with Crippen molar-refractivity contribution in [2.24, 2.45) is 5.92 Å². The number of sulfonamides is 1. The second-order valence-corrected chi connectivity index (χ2v) is 10.3. The van der Waals surface area contributed by atoms with E-state index in [1.807, 2.05) is 24.3 Å². The number of aromatic nitrogens is 2. The molecule has 9 heteroatoms. The molecule has 1 fully saturated rings. The lowest BCUT2D eigenvalue weighted by atomic mass is 10.0. The van der Waals surface area contributed by atoms with Gasteiger partial charge in [-0.25, -0.2) is 13.4 Å². The zero-order valence-corrected chi connectivity index (χ0v) is 19.2. The van der Waals surface area contributed by atoms with E-state index in [4.69, 9.17) is 0 Å². The summed E-state index contributed by atoms with van der Waals surface area (Å²) in [7, 11) is -3.69. The second-order valence-electron chi connectivity index (χ2n) is 7.70. The number of aromatic amines is 1. The Morgan fingerprint density at radius 1 is 1.03 bits per heavy atom. The molecule has 4 aromatic rings. The third-order valence-corrected chi connectivity index (χ3v) is 7.23. The summed E-state index contributed by atoms with van der Waals surface area (Å²) < 4.78 is 28.7. The molecule has 1 saturated carbocycles. The Morgan fingerprint density at radius 2 is 1.75 bits per heavy atom. The Labute approximate surface area is 193 Å². The van der Waals surface area contributed by atoms with Gasteiger partial charge in [-0.3, -0.25) is 9.52 Å². The average Bonchev–Trinajstić information content (AvgIpc) is 3.52. The third-order valence-electron chi connectivity index (χ3n) is 5.30. The normalized spacial score (nSPS) is 13.8. The zero-order valence-electron chi connectivity index (χ0n) is 16.8. The van der Waals surface area contributed by atoms with Gasteiger partial charge in [0.25, 0.3) is 10.0 Å². The number of rotatable bonds is 6. The first-order valence-electron chi connectivity index (χ1n) is 10.1. The van der Waals surface area contributed by atoms with Gasteiger partial charge in [0.2, 0.25) is 5.91 Å². The van der Waals surface area contributed by atoms with Gasteiger partial charge in [0.15, 0.2) is 0 Å². The molecule has 5 rings (SSSR count). The van der Waals surface area contributed by atoms with Crippen LogP contribution in [-0.4, -0.2) is 24.3 Å². The number of H-pyrrole nitrogens is 1. The minimum absolute atomic E-state index is 0.00736. The van der Waals surface area contributed by atoms with Crippen molar-refractivity contribution in [3.8, 4) is 11.1 Å². The third kappa shape index (κ3) is 4.26. The minimum atomic E-state index is -3.69. The predicted molar refractivity (Wildman–Crippen MR) is 128 cm³/mol. The molecule has 0 unspecified atom stereocenters. The summed E-state index contributed by atoms with van der Waals surface area (Å²) in [6, 6.07) is 17.3. The summed E-state index contributed by atoms with van der Waals surface area (Å²) in [5.74, 6) is 0.566. The van der Waals surface area contributed by atoms with Crippen LogP contribution in [0.5, 0.6) is 0 Å². The molecule has 0 aliphatic heterocycles. The highest BCUT2D eigenvalue weighted by atomic mass is 79.9. The van der Waals surface area contributed by atoms with E-state index in [-0.39, 0.29) is 16.7 Å². The number of pyridine rings is 1. The number of benzene rings is 2. The van der Waals surface area contributed by atoms with Crippen LogP contribution in [-0.2, 0) is 14.8 Å². The molecule has 0 bridgehead atoms. The average molecular weight is 511 g/mol. The second kappa shape index (κ2) is 8.07. The lowest BCUT2D eigenvalue weighted by Crippen LogP contribution is -2.14. The maximum atomic E-state index is 12.6. The van der Waals surface area contributed by atoms with Crippen LogP contribution >= 0.6 is 15.9 Å². The van der Waals surface area contributed by atoms with E-state index in [9.17, 15) is 13.2 Å². The molecule has 0 radical (unpaired) electrons. The number of nitrogens with zero attached hydrogens (tertiary/aromatic N) is 1. The van der Waals surface area contributed by atoms with Crippen molar-refractivity contribution >= 4 is 54.4 Å². The predicted octanol–water partition coefficient (Wildman–Crippen LogP) is 5.14. The highest BCUT2D eigenvalue weighted by Crippen LogP contribution is 2.33. The number of amides is 1. The molecule has 1 amide bonds. The quantitative estimate of drug-likeness (QED) is 0.334. The van der Waals surface area contributed by atoms with Crippen molar-refractivity contribution in [1.82, 2.24) is 9.97 Å². The van der Waals surface area contributed by atoms with Gasteiger partial charge >= 0.3 is 0 Å². The summed E-state index contributed by atoms with van der Waals surface area (Å²) >= 11 is 3.31. The van der Waals surface area contributed by atoms with E-state index in [1.165, 1.54) is 12.1 Å². The van der Waals surface area contributed by atoms with Crippen molar-refractivity contribution < 1.29 is 13.2 Å². The number of hydrogen-bond acceptors (Lipinski definition) is 4. The van der Waals surface area contributed by atoms with Crippen molar-refractivity contribution in [3.63, 3.8) is 0 Å². The van der Waals surface area contributed by atoms with Crippen LogP contribution in [0, 0.1) is 5.92 Å². The Kier molecular flexibility index (Phi) is 5.22. The number of hydrogen-bond donors (Lipinski definition) is 3. The number of carbonyl (C=O) groups is 1.